The summed E-state index contributed by atoms with van der Waals surface area (Å²) in [6, 6.07) is 0.661. The van der Waals surface area contributed by atoms with E-state index in [2.05, 4.69) is 32.3 Å². The molecule has 1 N–H and O–H groups in total. The van der Waals surface area contributed by atoms with Gasteiger partial charge in [0.1, 0.15) is 0 Å². The van der Waals surface area contributed by atoms with E-state index in [-0.39, 0.29) is 0 Å². The largest absolute Gasteiger partial charge is 0.378 e. The maximum absolute atomic E-state index is 5.57. The highest BCUT2D eigenvalue weighted by Crippen LogP contribution is 2.30. The molecule has 1 saturated heterocycles. The van der Waals surface area contributed by atoms with Crippen LogP contribution < -0.4 is 5.32 Å². The Balaban J connectivity index is 2.36. The zero-order valence-corrected chi connectivity index (χ0v) is 12.0. The first-order valence-electron chi connectivity index (χ1n) is 6.56. The lowest BCUT2D eigenvalue weighted by atomic mass is 9.99. The summed E-state index contributed by atoms with van der Waals surface area (Å²) in [7, 11) is 0. The molecule has 1 fully saturated rings. The van der Waals surface area contributed by atoms with Gasteiger partial charge in [-0.1, -0.05) is 13.8 Å². The summed E-state index contributed by atoms with van der Waals surface area (Å²) in [6.07, 6.45) is 7.49. The fourth-order valence-corrected chi connectivity index (χ4v) is 3.18. The number of ether oxygens (including phenoxy) is 1. The van der Waals surface area contributed by atoms with Crippen molar-refractivity contribution in [1.82, 2.24) is 5.32 Å². The van der Waals surface area contributed by atoms with Crippen molar-refractivity contribution in [3.63, 3.8) is 0 Å². The minimum atomic E-state index is 0.429. The van der Waals surface area contributed by atoms with E-state index in [0.29, 0.717) is 16.9 Å². The number of hydrogen-bond donors (Lipinski definition) is 1. The van der Waals surface area contributed by atoms with Gasteiger partial charge in [0, 0.05) is 23.9 Å². The van der Waals surface area contributed by atoms with Crippen LogP contribution in [-0.2, 0) is 4.74 Å². The average molecular weight is 245 g/mol. The number of nitrogens with one attached hydrogen (secondary N) is 1. The van der Waals surface area contributed by atoms with Gasteiger partial charge >= 0.3 is 0 Å². The normalized spacial score (nSPS) is 27.0. The molecule has 0 aromatic heterocycles. The third kappa shape index (κ3) is 3.94. The molecule has 0 aromatic rings. The maximum atomic E-state index is 5.57. The molecule has 16 heavy (non-hydrogen) atoms. The van der Waals surface area contributed by atoms with E-state index in [9.17, 15) is 0 Å². The van der Waals surface area contributed by atoms with Gasteiger partial charge in [-0.3, -0.25) is 0 Å². The third-order valence-corrected chi connectivity index (χ3v) is 5.51. The van der Waals surface area contributed by atoms with Crippen molar-refractivity contribution in [2.45, 2.75) is 63.3 Å². The van der Waals surface area contributed by atoms with Crippen molar-refractivity contribution in [2.75, 3.05) is 19.4 Å². The fourth-order valence-electron chi connectivity index (χ4n) is 2.37. The zero-order valence-electron chi connectivity index (χ0n) is 11.2. The summed E-state index contributed by atoms with van der Waals surface area (Å²) in [6.45, 7) is 8.83. The third-order valence-electron chi connectivity index (χ3n) is 3.92. The van der Waals surface area contributed by atoms with Gasteiger partial charge in [0.25, 0.3) is 0 Å². The van der Waals surface area contributed by atoms with Gasteiger partial charge in [-0.2, -0.15) is 11.8 Å². The predicted molar refractivity (Wildman–Crippen MR) is 73.3 cm³/mol. The second-order valence-corrected chi connectivity index (χ2v) is 6.15. The van der Waals surface area contributed by atoms with E-state index in [0.717, 1.165) is 19.6 Å². The van der Waals surface area contributed by atoms with Crippen molar-refractivity contribution < 1.29 is 4.74 Å². The van der Waals surface area contributed by atoms with E-state index in [4.69, 9.17) is 4.74 Å². The molecule has 2 nitrogen and oxygen atoms in total. The Morgan fingerprint density at radius 3 is 2.56 bits per heavy atom. The summed E-state index contributed by atoms with van der Waals surface area (Å²) < 4.78 is 6.01. The zero-order chi connectivity index (χ0) is 12.0. The fraction of sp³-hybridized carbons (Fsp3) is 1.00. The van der Waals surface area contributed by atoms with Crippen molar-refractivity contribution in [3.05, 3.63) is 0 Å². The van der Waals surface area contributed by atoms with Crippen LogP contribution in [-0.4, -0.2) is 36.3 Å². The molecule has 2 atom stereocenters. The summed E-state index contributed by atoms with van der Waals surface area (Å²) in [5, 5.41) is 3.74. The first kappa shape index (κ1) is 14.3. The van der Waals surface area contributed by atoms with Crippen molar-refractivity contribution >= 4 is 11.8 Å². The Morgan fingerprint density at radius 1 is 1.38 bits per heavy atom. The monoisotopic (exact) mass is 245 g/mol. The molecule has 0 bridgehead atoms. The Labute approximate surface area is 105 Å². The first-order valence-corrected chi connectivity index (χ1v) is 7.78. The topological polar surface area (TPSA) is 21.3 Å². The first-order chi connectivity index (χ1) is 7.65. The molecule has 0 aliphatic carbocycles. The molecule has 0 saturated carbocycles. The second-order valence-electron chi connectivity index (χ2n) is 4.88. The smallest absolute Gasteiger partial charge is 0.0561 e. The van der Waals surface area contributed by atoms with Crippen LogP contribution >= 0.6 is 11.8 Å². The van der Waals surface area contributed by atoms with Gasteiger partial charge in [-0.15, -0.1) is 0 Å². The van der Waals surface area contributed by atoms with E-state index in [1.54, 1.807) is 0 Å². The summed E-state index contributed by atoms with van der Waals surface area (Å²) in [4.78, 5) is 0. The van der Waals surface area contributed by atoms with Crippen LogP contribution in [0, 0.1) is 0 Å². The van der Waals surface area contributed by atoms with E-state index in [1.807, 2.05) is 11.8 Å². The highest BCUT2D eigenvalue weighted by atomic mass is 32.2. The minimum absolute atomic E-state index is 0.429. The van der Waals surface area contributed by atoms with Crippen LogP contribution in [0.4, 0.5) is 0 Å². The molecule has 0 aromatic carbocycles. The van der Waals surface area contributed by atoms with Gasteiger partial charge in [0.15, 0.2) is 0 Å². The molecule has 2 unspecified atom stereocenters. The van der Waals surface area contributed by atoms with Crippen LogP contribution in [0.15, 0.2) is 0 Å². The van der Waals surface area contributed by atoms with Crippen molar-refractivity contribution in [2.24, 2.45) is 0 Å². The van der Waals surface area contributed by atoms with Gasteiger partial charge in [0.05, 0.1) is 6.10 Å². The van der Waals surface area contributed by atoms with Crippen molar-refractivity contribution in [1.29, 1.82) is 0 Å². The van der Waals surface area contributed by atoms with Gasteiger partial charge in [-0.05, 0) is 38.9 Å². The van der Waals surface area contributed by atoms with E-state index in [1.165, 1.54) is 19.3 Å². The standard InChI is InChI=1S/C13H27NOS/c1-5-13(6-2,16-4)10-14-12-7-8-15-11(3)9-12/h11-12,14H,5-10H2,1-4H3. The highest BCUT2D eigenvalue weighted by Gasteiger charge is 2.27. The number of hydrogen-bond acceptors (Lipinski definition) is 3. The summed E-state index contributed by atoms with van der Waals surface area (Å²) in [5.41, 5.74) is 0. The van der Waals surface area contributed by atoms with Gasteiger partial charge in [0.2, 0.25) is 0 Å². The summed E-state index contributed by atoms with van der Waals surface area (Å²) in [5.74, 6) is 0. The Morgan fingerprint density at radius 2 is 2.06 bits per heavy atom. The van der Waals surface area contributed by atoms with Crippen molar-refractivity contribution in [3.8, 4) is 0 Å². The molecule has 0 amide bonds. The number of rotatable bonds is 6. The molecule has 1 aliphatic rings. The Bertz CT molecular complexity index is 186. The van der Waals surface area contributed by atoms with Crippen LogP contribution in [0.3, 0.4) is 0 Å². The molecule has 1 aliphatic heterocycles. The lowest BCUT2D eigenvalue weighted by molar-refractivity contribution is 0.0129. The molecule has 0 spiro atoms. The highest BCUT2D eigenvalue weighted by molar-refractivity contribution is 8.00. The molecular weight excluding hydrogens is 218 g/mol. The van der Waals surface area contributed by atoms with E-state index >= 15 is 0 Å². The molecule has 96 valence electrons. The van der Waals surface area contributed by atoms with Crippen LogP contribution in [0.25, 0.3) is 0 Å². The van der Waals surface area contributed by atoms with Gasteiger partial charge in [-0.25, -0.2) is 0 Å². The molecule has 1 rings (SSSR count). The maximum Gasteiger partial charge on any atom is 0.0561 e. The molecule has 1 heterocycles. The second kappa shape index (κ2) is 6.87. The number of thioether (sulfide) groups is 1. The predicted octanol–water partition coefficient (Wildman–Crippen LogP) is 3.07. The van der Waals surface area contributed by atoms with E-state index < -0.39 is 0 Å². The Kier molecular flexibility index (Phi) is 6.16. The van der Waals surface area contributed by atoms with Gasteiger partial charge < -0.3 is 10.1 Å². The molecular formula is C13H27NOS. The quantitative estimate of drug-likeness (QED) is 0.777. The van der Waals surface area contributed by atoms with Crippen LogP contribution in [0.5, 0.6) is 0 Å². The molecule has 3 heteroatoms. The van der Waals surface area contributed by atoms with Crippen LogP contribution in [0.1, 0.15) is 46.5 Å². The average Bonchev–Trinajstić information content (AvgIpc) is 2.32. The lowest BCUT2D eigenvalue weighted by Crippen LogP contribution is -2.45. The summed E-state index contributed by atoms with van der Waals surface area (Å²) >= 11 is 2.01. The lowest BCUT2D eigenvalue weighted by Gasteiger charge is -2.34. The SMILES string of the molecule is CCC(CC)(CNC1CCOC(C)C1)SC. The minimum Gasteiger partial charge on any atom is -0.378 e. The Hall–Kier alpha value is 0.270. The van der Waals surface area contributed by atoms with Crippen LogP contribution in [0.2, 0.25) is 0 Å². The molecule has 0 radical (unpaired) electrons.